The highest BCUT2D eigenvalue weighted by Gasteiger charge is 2.19. The molecule has 6 nitrogen and oxygen atoms in total. The molecule has 0 spiro atoms. The fourth-order valence-corrected chi connectivity index (χ4v) is 2.79. The van der Waals surface area contributed by atoms with Gasteiger partial charge in [-0.15, -0.1) is 0 Å². The molecule has 0 saturated heterocycles. The maximum atomic E-state index is 12.6. The summed E-state index contributed by atoms with van der Waals surface area (Å²) in [4.78, 5) is 16.7. The predicted octanol–water partition coefficient (Wildman–Crippen LogP) is 3.64. The number of pyridine rings is 1. The average molecular weight is 344 g/mol. The van der Waals surface area contributed by atoms with Crippen molar-refractivity contribution in [2.45, 2.75) is 13.5 Å². The minimum absolute atomic E-state index is 0.257. The van der Waals surface area contributed by atoms with Gasteiger partial charge in [0.2, 0.25) is 0 Å². The summed E-state index contributed by atoms with van der Waals surface area (Å²) in [7, 11) is 0. The second-order valence-electron chi connectivity index (χ2n) is 5.73. The van der Waals surface area contributed by atoms with E-state index in [1.165, 1.54) is 4.68 Å². The Morgan fingerprint density at radius 3 is 2.69 bits per heavy atom. The summed E-state index contributed by atoms with van der Waals surface area (Å²) in [5.74, 6) is 0.496. The Hall–Kier alpha value is -3.54. The van der Waals surface area contributed by atoms with E-state index >= 15 is 0 Å². The van der Waals surface area contributed by atoms with E-state index in [0.29, 0.717) is 23.4 Å². The van der Waals surface area contributed by atoms with Gasteiger partial charge in [0.15, 0.2) is 11.3 Å². The summed E-state index contributed by atoms with van der Waals surface area (Å²) in [5, 5.41) is 9.16. The summed E-state index contributed by atoms with van der Waals surface area (Å²) in [5.41, 5.74) is 2.53. The molecular formula is C20H16N4O2. The van der Waals surface area contributed by atoms with Crippen LogP contribution >= 0.6 is 0 Å². The topological polar surface area (TPSA) is 73.8 Å². The molecule has 0 unspecified atom stereocenters. The van der Waals surface area contributed by atoms with Crippen molar-refractivity contribution in [3.05, 3.63) is 76.5 Å². The van der Waals surface area contributed by atoms with Gasteiger partial charge in [-0.05, 0) is 30.7 Å². The van der Waals surface area contributed by atoms with Crippen LogP contribution < -0.4 is 5.56 Å². The van der Waals surface area contributed by atoms with Gasteiger partial charge in [0.25, 0.3) is 5.56 Å². The Morgan fingerprint density at radius 2 is 1.96 bits per heavy atom. The lowest BCUT2D eigenvalue weighted by Crippen LogP contribution is -2.23. The van der Waals surface area contributed by atoms with Crippen molar-refractivity contribution in [3.63, 3.8) is 0 Å². The third kappa shape index (κ3) is 2.82. The molecule has 3 aromatic heterocycles. The van der Waals surface area contributed by atoms with Gasteiger partial charge < -0.3 is 4.52 Å². The van der Waals surface area contributed by atoms with Crippen molar-refractivity contribution < 1.29 is 4.52 Å². The molecule has 1 aromatic carbocycles. The van der Waals surface area contributed by atoms with E-state index in [-0.39, 0.29) is 11.1 Å². The van der Waals surface area contributed by atoms with Gasteiger partial charge in [0.05, 0.1) is 5.39 Å². The van der Waals surface area contributed by atoms with Gasteiger partial charge in [-0.25, -0.2) is 4.68 Å². The van der Waals surface area contributed by atoms with Crippen LogP contribution in [-0.2, 0) is 6.54 Å². The summed E-state index contributed by atoms with van der Waals surface area (Å²) in [6.45, 7) is 2.33. The molecule has 6 heteroatoms. The van der Waals surface area contributed by atoms with E-state index in [1.54, 1.807) is 18.5 Å². The first-order valence-electron chi connectivity index (χ1n) is 8.32. The molecule has 3 heterocycles. The summed E-state index contributed by atoms with van der Waals surface area (Å²) < 4.78 is 6.87. The van der Waals surface area contributed by atoms with Crippen LogP contribution in [0, 0.1) is 0 Å². The highest BCUT2D eigenvalue weighted by Crippen LogP contribution is 2.28. The molecule has 4 aromatic rings. The molecular weight excluding hydrogens is 328 g/mol. The van der Waals surface area contributed by atoms with E-state index in [4.69, 9.17) is 4.52 Å². The summed E-state index contributed by atoms with van der Waals surface area (Å²) >= 11 is 0. The second-order valence-corrected chi connectivity index (χ2v) is 5.73. The Labute approximate surface area is 149 Å². The Bertz CT molecular complexity index is 1130. The van der Waals surface area contributed by atoms with E-state index in [2.05, 4.69) is 15.2 Å². The first-order chi connectivity index (χ1) is 12.8. The van der Waals surface area contributed by atoms with Crippen LogP contribution in [0.2, 0.25) is 0 Å². The maximum Gasteiger partial charge on any atom is 0.296 e. The van der Waals surface area contributed by atoms with Crippen molar-refractivity contribution in [2.75, 3.05) is 0 Å². The Morgan fingerprint density at radius 1 is 1.12 bits per heavy atom. The monoisotopic (exact) mass is 344 g/mol. The summed E-state index contributed by atoms with van der Waals surface area (Å²) in [6.07, 6.45) is 7.12. The number of aryl methyl sites for hydroxylation is 1. The lowest BCUT2D eigenvalue weighted by Gasteiger charge is -2.06. The van der Waals surface area contributed by atoms with Gasteiger partial charge in [-0.3, -0.25) is 9.78 Å². The van der Waals surface area contributed by atoms with E-state index in [1.807, 2.05) is 55.5 Å². The zero-order valence-electron chi connectivity index (χ0n) is 14.2. The zero-order valence-corrected chi connectivity index (χ0v) is 14.2. The maximum absolute atomic E-state index is 12.6. The minimum atomic E-state index is -0.257. The molecule has 0 amide bonds. The quantitative estimate of drug-likeness (QED) is 0.565. The molecule has 0 aliphatic heterocycles. The van der Waals surface area contributed by atoms with Crippen LogP contribution in [-0.4, -0.2) is 19.9 Å². The number of rotatable bonds is 4. The fraction of sp³-hybridized carbons (Fsp3) is 0.100. The fourth-order valence-electron chi connectivity index (χ4n) is 2.79. The molecule has 0 N–H and O–H groups in total. The lowest BCUT2D eigenvalue weighted by atomic mass is 10.1. The van der Waals surface area contributed by atoms with Crippen LogP contribution in [0.5, 0.6) is 0 Å². The average Bonchev–Trinajstić information content (AvgIpc) is 3.13. The normalized spacial score (nSPS) is 11.4. The third-order valence-corrected chi connectivity index (χ3v) is 4.07. The van der Waals surface area contributed by atoms with Crippen molar-refractivity contribution in [1.82, 2.24) is 19.9 Å². The molecule has 0 aliphatic carbocycles. The molecule has 0 bridgehead atoms. The van der Waals surface area contributed by atoms with Crippen LogP contribution in [0.25, 0.3) is 34.3 Å². The molecule has 0 radical (unpaired) electrons. The van der Waals surface area contributed by atoms with E-state index in [0.717, 1.165) is 11.1 Å². The van der Waals surface area contributed by atoms with Crippen LogP contribution in [0.15, 0.2) is 64.2 Å². The van der Waals surface area contributed by atoms with Crippen molar-refractivity contribution in [2.24, 2.45) is 0 Å². The zero-order chi connectivity index (χ0) is 17.9. The second kappa shape index (κ2) is 6.76. The Balaban J connectivity index is 1.94. The minimum Gasteiger partial charge on any atom is -0.355 e. The van der Waals surface area contributed by atoms with Crippen molar-refractivity contribution >= 4 is 23.1 Å². The molecule has 0 fully saturated rings. The SMILES string of the molecule is CCn1nc(-c2ccccc2)c2c(C=Cc3cccnc3)onc2c1=O. The van der Waals surface area contributed by atoms with Crippen molar-refractivity contribution in [3.8, 4) is 11.3 Å². The molecule has 0 saturated carbocycles. The van der Waals surface area contributed by atoms with E-state index in [9.17, 15) is 4.79 Å². The first kappa shape index (κ1) is 16.0. The summed E-state index contributed by atoms with van der Waals surface area (Å²) in [6, 6.07) is 13.5. The number of nitrogens with zero attached hydrogens (tertiary/aromatic N) is 4. The van der Waals surface area contributed by atoms with E-state index < -0.39 is 0 Å². The first-order valence-corrected chi connectivity index (χ1v) is 8.32. The largest absolute Gasteiger partial charge is 0.355 e. The number of fused-ring (bicyclic) bond motifs is 1. The number of aromatic nitrogens is 4. The molecule has 4 rings (SSSR count). The highest BCUT2D eigenvalue weighted by molar-refractivity contribution is 5.97. The molecule has 128 valence electrons. The molecule has 0 aliphatic rings. The predicted molar refractivity (Wildman–Crippen MR) is 100 cm³/mol. The van der Waals surface area contributed by atoms with Gasteiger partial charge in [-0.2, -0.15) is 5.10 Å². The molecule has 26 heavy (non-hydrogen) atoms. The number of hydrogen-bond donors (Lipinski definition) is 0. The smallest absolute Gasteiger partial charge is 0.296 e. The number of hydrogen-bond acceptors (Lipinski definition) is 5. The van der Waals surface area contributed by atoms with Crippen LogP contribution in [0.3, 0.4) is 0 Å². The molecule has 0 atom stereocenters. The third-order valence-electron chi connectivity index (χ3n) is 4.07. The lowest BCUT2D eigenvalue weighted by molar-refractivity contribution is 0.420. The number of benzene rings is 1. The Kier molecular flexibility index (Phi) is 4.15. The van der Waals surface area contributed by atoms with Gasteiger partial charge in [-0.1, -0.05) is 41.6 Å². The van der Waals surface area contributed by atoms with Gasteiger partial charge in [0.1, 0.15) is 5.69 Å². The van der Waals surface area contributed by atoms with Gasteiger partial charge in [0, 0.05) is 24.5 Å². The van der Waals surface area contributed by atoms with Crippen LogP contribution in [0.1, 0.15) is 18.2 Å². The van der Waals surface area contributed by atoms with Gasteiger partial charge >= 0.3 is 0 Å². The van der Waals surface area contributed by atoms with Crippen molar-refractivity contribution in [1.29, 1.82) is 0 Å². The standard InChI is InChI=1S/C20H16N4O2/c1-2-24-20(25)19-17(18(22-24)15-8-4-3-5-9-15)16(26-23-19)11-10-14-7-6-12-21-13-14/h3-13H,2H2,1H3. The highest BCUT2D eigenvalue weighted by atomic mass is 16.5. The van der Waals surface area contributed by atoms with Crippen LogP contribution in [0.4, 0.5) is 0 Å².